The molecule has 0 aliphatic heterocycles. The van der Waals surface area contributed by atoms with E-state index < -0.39 is 5.82 Å². The molecule has 0 spiro atoms. The normalized spacial score (nSPS) is 10.1. The van der Waals surface area contributed by atoms with Gasteiger partial charge in [-0.3, -0.25) is 0 Å². The Balaban J connectivity index is 2.24. The number of nitriles is 1. The van der Waals surface area contributed by atoms with Gasteiger partial charge in [-0.15, -0.1) is 0 Å². The van der Waals surface area contributed by atoms with Crippen molar-refractivity contribution in [3.8, 4) is 6.07 Å². The van der Waals surface area contributed by atoms with Crippen LogP contribution in [0.15, 0.2) is 42.5 Å². The molecule has 0 radical (unpaired) electrons. The van der Waals surface area contributed by atoms with Crippen LogP contribution in [0.5, 0.6) is 0 Å². The monoisotopic (exact) mass is 283 g/mol. The quantitative estimate of drug-likeness (QED) is 0.851. The van der Waals surface area contributed by atoms with E-state index in [0.29, 0.717) is 6.54 Å². The highest BCUT2D eigenvalue weighted by Crippen LogP contribution is 2.20. The maximum atomic E-state index is 13.4. The number of nitrogen functional groups attached to an aromatic ring is 1. The molecule has 0 bridgehead atoms. The molecule has 0 atom stereocenters. The van der Waals surface area contributed by atoms with Crippen molar-refractivity contribution < 1.29 is 4.39 Å². The van der Waals surface area contributed by atoms with Crippen molar-refractivity contribution >= 4 is 11.4 Å². The molecule has 21 heavy (non-hydrogen) atoms. The van der Waals surface area contributed by atoms with Crippen LogP contribution in [-0.4, -0.2) is 6.54 Å². The summed E-state index contributed by atoms with van der Waals surface area (Å²) in [6.07, 6.45) is 0.997. The van der Waals surface area contributed by atoms with Gasteiger partial charge in [-0.1, -0.05) is 13.0 Å². The SMILES string of the molecule is CCCN(Cc1ccc(F)c(C#N)c1)c1ccc(N)cc1. The molecule has 0 saturated heterocycles. The number of rotatable bonds is 5. The van der Waals surface area contributed by atoms with Crippen LogP contribution in [0.25, 0.3) is 0 Å². The number of halogens is 1. The van der Waals surface area contributed by atoms with Crippen molar-refractivity contribution in [3.63, 3.8) is 0 Å². The Morgan fingerprint density at radius 3 is 2.52 bits per heavy atom. The first-order valence-electron chi connectivity index (χ1n) is 6.93. The van der Waals surface area contributed by atoms with Crippen LogP contribution in [0.1, 0.15) is 24.5 Å². The third kappa shape index (κ3) is 3.73. The molecule has 0 saturated carbocycles. The third-order valence-electron chi connectivity index (χ3n) is 3.28. The molecule has 0 aliphatic rings. The fraction of sp³-hybridized carbons (Fsp3) is 0.235. The summed E-state index contributed by atoms with van der Waals surface area (Å²) in [6, 6.07) is 14.2. The molecule has 108 valence electrons. The van der Waals surface area contributed by atoms with Gasteiger partial charge in [0.1, 0.15) is 11.9 Å². The Kier molecular flexibility index (Phi) is 4.78. The van der Waals surface area contributed by atoms with Crippen LogP contribution in [-0.2, 0) is 6.54 Å². The van der Waals surface area contributed by atoms with Crippen molar-refractivity contribution in [3.05, 3.63) is 59.4 Å². The zero-order chi connectivity index (χ0) is 15.2. The molecule has 0 aliphatic carbocycles. The summed E-state index contributed by atoms with van der Waals surface area (Å²) in [5.74, 6) is -0.476. The van der Waals surface area contributed by atoms with Crippen LogP contribution in [0, 0.1) is 17.1 Å². The molecule has 0 unspecified atom stereocenters. The standard InChI is InChI=1S/C17H18FN3/c1-2-9-21(16-6-4-15(20)5-7-16)12-13-3-8-17(18)14(10-13)11-19/h3-8,10H,2,9,12,20H2,1H3. The first-order valence-corrected chi connectivity index (χ1v) is 6.93. The predicted octanol–water partition coefficient (Wildman–Crippen LogP) is 3.70. The number of anilines is 2. The number of benzene rings is 2. The molecule has 4 heteroatoms. The minimum absolute atomic E-state index is 0.0845. The van der Waals surface area contributed by atoms with Crippen molar-refractivity contribution in [1.82, 2.24) is 0 Å². The van der Waals surface area contributed by atoms with Crippen LogP contribution in [0.2, 0.25) is 0 Å². The van der Waals surface area contributed by atoms with Crippen LogP contribution >= 0.6 is 0 Å². The molecular weight excluding hydrogens is 265 g/mol. The van der Waals surface area contributed by atoms with E-state index >= 15 is 0 Å². The lowest BCUT2D eigenvalue weighted by Crippen LogP contribution is -2.23. The maximum absolute atomic E-state index is 13.4. The Bertz CT molecular complexity index is 644. The van der Waals surface area contributed by atoms with Gasteiger partial charge in [-0.05, 0) is 48.4 Å². The van der Waals surface area contributed by atoms with Crippen LogP contribution < -0.4 is 10.6 Å². The van der Waals surface area contributed by atoms with E-state index in [1.165, 1.54) is 6.07 Å². The van der Waals surface area contributed by atoms with Gasteiger partial charge in [0.05, 0.1) is 5.56 Å². The second-order valence-corrected chi connectivity index (χ2v) is 4.94. The molecule has 0 fully saturated rings. The molecule has 0 heterocycles. The largest absolute Gasteiger partial charge is 0.399 e. The molecule has 2 rings (SSSR count). The maximum Gasteiger partial charge on any atom is 0.140 e. The first-order chi connectivity index (χ1) is 10.1. The van der Waals surface area contributed by atoms with E-state index in [1.807, 2.05) is 30.3 Å². The lowest BCUT2D eigenvalue weighted by atomic mass is 10.1. The number of nitrogens with two attached hydrogens (primary N) is 1. The van der Waals surface area contributed by atoms with Gasteiger partial charge in [0.15, 0.2) is 0 Å². The minimum Gasteiger partial charge on any atom is -0.399 e. The Labute approximate surface area is 124 Å². The van der Waals surface area contributed by atoms with Gasteiger partial charge in [0.25, 0.3) is 0 Å². The summed E-state index contributed by atoms with van der Waals surface area (Å²) in [7, 11) is 0. The van der Waals surface area contributed by atoms with Gasteiger partial charge in [-0.25, -0.2) is 4.39 Å². The van der Waals surface area contributed by atoms with Crippen molar-refractivity contribution in [2.45, 2.75) is 19.9 Å². The van der Waals surface area contributed by atoms with E-state index in [4.69, 9.17) is 11.0 Å². The number of hydrogen-bond acceptors (Lipinski definition) is 3. The van der Waals surface area contributed by atoms with Gasteiger partial charge in [0, 0.05) is 24.5 Å². The highest BCUT2D eigenvalue weighted by Gasteiger charge is 2.09. The van der Waals surface area contributed by atoms with Gasteiger partial charge in [-0.2, -0.15) is 5.26 Å². The van der Waals surface area contributed by atoms with Crippen molar-refractivity contribution in [2.75, 3.05) is 17.2 Å². The van der Waals surface area contributed by atoms with E-state index in [2.05, 4.69) is 11.8 Å². The molecule has 2 N–H and O–H groups in total. The molecule has 2 aromatic carbocycles. The van der Waals surface area contributed by atoms with Gasteiger partial charge >= 0.3 is 0 Å². The first kappa shape index (κ1) is 14.9. The highest BCUT2D eigenvalue weighted by molar-refractivity contribution is 5.53. The number of hydrogen-bond donors (Lipinski definition) is 1. The van der Waals surface area contributed by atoms with E-state index in [0.717, 1.165) is 29.9 Å². The van der Waals surface area contributed by atoms with Crippen LogP contribution in [0.3, 0.4) is 0 Å². The van der Waals surface area contributed by atoms with Gasteiger partial charge in [0.2, 0.25) is 0 Å². The summed E-state index contributed by atoms with van der Waals surface area (Å²) in [4.78, 5) is 2.19. The smallest absolute Gasteiger partial charge is 0.140 e. The zero-order valence-electron chi connectivity index (χ0n) is 12.0. The van der Waals surface area contributed by atoms with E-state index in [1.54, 1.807) is 12.1 Å². The summed E-state index contributed by atoms with van der Waals surface area (Å²) in [5.41, 5.74) is 8.50. The summed E-state index contributed by atoms with van der Waals surface area (Å²) in [6.45, 7) is 3.62. The van der Waals surface area contributed by atoms with Gasteiger partial charge < -0.3 is 10.6 Å². The average molecular weight is 283 g/mol. The van der Waals surface area contributed by atoms with E-state index in [-0.39, 0.29) is 5.56 Å². The Morgan fingerprint density at radius 2 is 1.90 bits per heavy atom. The lowest BCUT2D eigenvalue weighted by molar-refractivity contribution is 0.622. The minimum atomic E-state index is -0.476. The fourth-order valence-corrected chi connectivity index (χ4v) is 2.23. The second-order valence-electron chi connectivity index (χ2n) is 4.94. The molecule has 0 aromatic heterocycles. The van der Waals surface area contributed by atoms with Crippen LogP contribution in [0.4, 0.5) is 15.8 Å². The van der Waals surface area contributed by atoms with Crippen molar-refractivity contribution in [1.29, 1.82) is 5.26 Å². The Hall–Kier alpha value is -2.54. The van der Waals surface area contributed by atoms with Crippen molar-refractivity contribution in [2.24, 2.45) is 0 Å². The highest BCUT2D eigenvalue weighted by atomic mass is 19.1. The lowest BCUT2D eigenvalue weighted by Gasteiger charge is -2.24. The zero-order valence-corrected chi connectivity index (χ0v) is 12.0. The average Bonchev–Trinajstić information content (AvgIpc) is 2.49. The second kappa shape index (κ2) is 6.76. The molecule has 0 amide bonds. The molecule has 2 aromatic rings. The number of nitrogens with zero attached hydrogens (tertiary/aromatic N) is 2. The summed E-state index contributed by atoms with van der Waals surface area (Å²) < 4.78 is 13.4. The Morgan fingerprint density at radius 1 is 1.19 bits per heavy atom. The third-order valence-corrected chi connectivity index (χ3v) is 3.28. The topological polar surface area (TPSA) is 53.0 Å². The summed E-state index contributed by atoms with van der Waals surface area (Å²) >= 11 is 0. The predicted molar refractivity (Wildman–Crippen MR) is 83.3 cm³/mol. The fourth-order valence-electron chi connectivity index (χ4n) is 2.23. The molecule has 3 nitrogen and oxygen atoms in total. The molecular formula is C17H18FN3. The van der Waals surface area contributed by atoms with E-state index in [9.17, 15) is 4.39 Å². The summed E-state index contributed by atoms with van der Waals surface area (Å²) in [5, 5.41) is 8.91.